The van der Waals surface area contributed by atoms with E-state index in [0.717, 1.165) is 29.7 Å². The molecular weight excluding hydrogens is 338 g/mol. The van der Waals surface area contributed by atoms with Gasteiger partial charge >= 0.3 is 5.97 Å². The van der Waals surface area contributed by atoms with Gasteiger partial charge in [0, 0.05) is 18.1 Å². The molecule has 0 unspecified atom stereocenters. The molecule has 2 aromatic rings. The van der Waals surface area contributed by atoms with Crippen LogP contribution >= 0.6 is 11.6 Å². The van der Waals surface area contributed by atoms with E-state index in [-0.39, 0.29) is 12.0 Å². The Labute approximate surface area is 152 Å². The number of aryl methyl sites for hydroxylation is 1. The molecule has 2 heterocycles. The molecule has 1 saturated heterocycles. The van der Waals surface area contributed by atoms with Crippen LogP contribution in [0.3, 0.4) is 0 Å². The van der Waals surface area contributed by atoms with Crippen LogP contribution in [0, 0.1) is 5.92 Å². The van der Waals surface area contributed by atoms with Crippen LogP contribution < -0.4 is 0 Å². The maximum absolute atomic E-state index is 12.4. The van der Waals surface area contributed by atoms with Crippen LogP contribution in [0.2, 0.25) is 5.02 Å². The number of rotatable bonds is 3. The lowest BCUT2D eigenvalue weighted by atomic mass is 9.85. The first kappa shape index (κ1) is 16.9. The Hall–Kier alpha value is -1.59. The highest BCUT2D eigenvalue weighted by Gasteiger charge is 2.45. The number of hydrogen-bond donors (Lipinski definition) is 0. The zero-order valence-corrected chi connectivity index (χ0v) is 15.5. The maximum atomic E-state index is 12.4. The summed E-state index contributed by atoms with van der Waals surface area (Å²) in [5.74, 6) is 1.45. The van der Waals surface area contributed by atoms with Crippen molar-refractivity contribution in [1.29, 1.82) is 0 Å². The molecule has 1 aliphatic carbocycles. The van der Waals surface area contributed by atoms with Crippen molar-refractivity contribution in [1.82, 2.24) is 14.5 Å². The minimum Gasteiger partial charge on any atom is -0.468 e. The van der Waals surface area contributed by atoms with E-state index in [1.807, 2.05) is 25.2 Å². The molecule has 1 aromatic carbocycles. The molecule has 0 bridgehead atoms. The summed E-state index contributed by atoms with van der Waals surface area (Å²) in [5, 5.41) is 0.693. The van der Waals surface area contributed by atoms with Crippen LogP contribution in [-0.2, 0) is 23.1 Å². The average molecular weight is 362 g/mol. The van der Waals surface area contributed by atoms with E-state index in [2.05, 4.69) is 9.47 Å². The molecule has 6 heteroatoms. The van der Waals surface area contributed by atoms with Crippen molar-refractivity contribution in [2.24, 2.45) is 13.0 Å². The summed E-state index contributed by atoms with van der Waals surface area (Å²) in [7, 11) is 3.51. The summed E-state index contributed by atoms with van der Waals surface area (Å²) in [5.41, 5.74) is 1.97. The van der Waals surface area contributed by atoms with Crippen LogP contribution in [-0.4, -0.2) is 39.6 Å². The molecule has 1 aliphatic heterocycles. The molecule has 0 amide bonds. The van der Waals surface area contributed by atoms with Crippen molar-refractivity contribution in [2.75, 3.05) is 7.11 Å². The minimum absolute atomic E-state index is 0.115. The molecule has 3 atom stereocenters. The summed E-state index contributed by atoms with van der Waals surface area (Å²) in [6, 6.07) is 6.09. The SMILES string of the molecule is COC(=O)[C@@H]1C[C@H]2CCCC[C@H]2N1Cc1nc2cc(Cl)ccc2n1C. The normalized spacial score (nSPS) is 26.8. The molecule has 4 rings (SSSR count). The Bertz CT molecular complexity index is 803. The molecule has 2 aliphatic rings. The number of nitrogens with zero attached hydrogens (tertiary/aromatic N) is 3. The number of methoxy groups -OCH3 is 1. The largest absolute Gasteiger partial charge is 0.468 e. The molecule has 2 fully saturated rings. The van der Waals surface area contributed by atoms with Gasteiger partial charge in [-0.3, -0.25) is 9.69 Å². The molecule has 5 nitrogen and oxygen atoms in total. The number of esters is 1. The van der Waals surface area contributed by atoms with Gasteiger partial charge in [0.15, 0.2) is 0 Å². The highest BCUT2D eigenvalue weighted by molar-refractivity contribution is 6.31. The van der Waals surface area contributed by atoms with Crippen LogP contribution in [0.15, 0.2) is 18.2 Å². The molecule has 1 aromatic heterocycles. The van der Waals surface area contributed by atoms with Gasteiger partial charge < -0.3 is 9.30 Å². The van der Waals surface area contributed by atoms with Gasteiger partial charge in [0.05, 0.1) is 24.7 Å². The van der Waals surface area contributed by atoms with Crippen molar-refractivity contribution in [2.45, 2.75) is 50.7 Å². The molecule has 0 radical (unpaired) electrons. The second-order valence-electron chi connectivity index (χ2n) is 7.28. The number of hydrogen-bond acceptors (Lipinski definition) is 4. The Morgan fingerprint density at radius 2 is 2.16 bits per heavy atom. The van der Waals surface area contributed by atoms with Crippen LogP contribution in [0.4, 0.5) is 0 Å². The fraction of sp³-hybridized carbons (Fsp3) is 0.579. The number of benzene rings is 1. The Kier molecular flexibility index (Phi) is 4.46. The van der Waals surface area contributed by atoms with Gasteiger partial charge in [-0.15, -0.1) is 0 Å². The third-order valence-electron chi connectivity index (χ3n) is 5.95. The number of carbonyl (C=O) groups excluding carboxylic acids is 1. The van der Waals surface area contributed by atoms with Gasteiger partial charge in [-0.1, -0.05) is 24.4 Å². The highest BCUT2D eigenvalue weighted by Crippen LogP contribution is 2.41. The summed E-state index contributed by atoms with van der Waals surface area (Å²) >= 11 is 6.10. The second kappa shape index (κ2) is 6.61. The third-order valence-corrected chi connectivity index (χ3v) is 6.19. The van der Waals surface area contributed by atoms with E-state index in [1.165, 1.54) is 26.4 Å². The summed E-state index contributed by atoms with van der Waals surface area (Å²) < 4.78 is 7.20. The lowest BCUT2D eigenvalue weighted by Crippen LogP contribution is -2.42. The number of aromatic nitrogens is 2. The zero-order valence-electron chi connectivity index (χ0n) is 14.7. The lowest BCUT2D eigenvalue weighted by Gasteiger charge is -2.32. The molecule has 0 N–H and O–H groups in total. The molecule has 134 valence electrons. The average Bonchev–Trinajstić information content (AvgIpc) is 3.13. The Morgan fingerprint density at radius 3 is 2.96 bits per heavy atom. The highest BCUT2D eigenvalue weighted by atomic mass is 35.5. The molecule has 25 heavy (non-hydrogen) atoms. The van der Waals surface area contributed by atoms with Crippen molar-refractivity contribution >= 4 is 28.6 Å². The summed E-state index contributed by atoms with van der Waals surface area (Å²) in [6.07, 6.45) is 5.80. The predicted octanol–water partition coefficient (Wildman–Crippen LogP) is 3.53. The second-order valence-corrected chi connectivity index (χ2v) is 7.72. The van der Waals surface area contributed by atoms with E-state index in [0.29, 0.717) is 23.5 Å². The quantitative estimate of drug-likeness (QED) is 0.784. The topological polar surface area (TPSA) is 47.4 Å². The van der Waals surface area contributed by atoms with E-state index in [4.69, 9.17) is 21.3 Å². The van der Waals surface area contributed by atoms with Crippen LogP contribution in [0.1, 0.15) is 37.9 Å². The molecular formula is C19H24ClN3O2. The number of fused-ring (bicyclic) bond motifs is 2. The van der Waals surface area contributed by atoms with Gasteiger partial charge in [0.1, 0.15) is 11.9 Å². The van der Waals surface area contributed by atoms with E-state index >= 15 is 0 Å². The standard InChI is InChI=1S/C19H24ClN3O2/c1-22-16-8-7-13(20)10-14(16)21-18(22)11-23-15-6-4-3-5-12(15)9-17(23)19(24)25-2/h7-8,10,12,15,17H,3-6,9,11H2,1-2H3/t12-,15-,17+/m1/s1. The van der Waals surface area contributed by atoms with Gasteiger partial charge in [0.25, 0.3) is 0 Å². The van der Waals surface area contributed by atoms with Gasteiger partial charge in [-0.25, -0.2) is 4.98 Å². The Balaban J connectivity index is 1.67. The predicted molar refractivity (Wildman–Crippen MR) is 97.4 cm³/mol. The first-order valence-corrected chi connectivity index (χ1v) is 9.40. The molecule has 1 saturated carbocycles. The van der Waals surface area contributed by atoms with Crippen molar-refractivity contribution in [3.8, 4) is 0 Å². The van der Waals surface area contributed by atoms with Gasteiger partial charge in [-0.2, -0.15) is 0 Å². The number of ether oxygens (including phenoxy) is 1. The summed E-state index contributed by atoms with van der Waals surface area (Å²) in [4.78, 5) is 19.5. The van der Waals surface area contributed by atoms with Gasteiger partial charge in [-0.05, 0) is 43.4 Å². The van der Waals surface area contributed by atoms with Crippen molar-refractivity contribution in [3.05, 3.63) is 29.0 Å². The van der Waals surface area contributed by atoms with E-state index in [1.54, 1.807) is 0 Å². The first-order chi connectivity index (χ1) is 12.1. The first-order valence-electron chi connectivity index (χ1n) is 9.03. The number of imidazole rings is 1. The third kappa shape index (κ3) is 2.93. The van der Waals surface area contributed by atoms with E-state index in [9.17, 15) is 4.79 Å². The lowest BCUT2D eigenvalue weighted by molar-refractivity contribution is -0.146. The molecule has 0 spiro atoms. The fourth-order valence-electron chi connectivity index (χ4n) is 4.68. The summed E-state index contributed by atoms with van der Waals surface area (Å²) in [6.45, 7) is 0.670. The number of halogens is 1. The van der Waals surface area contributed by atoms with E-state index < -0.39 is 0 Å². The maximum Gasteiger partial charge on any atom is 0.323 e. The number of carbonyl (C=O) groups is 1. The zero-order chi connectivity index (χ0) is 17.6. The van der Waals surface area contributed by atoms with Crippen LogP contribution in [0.5, 0.6) is 0 Å². The minimum atomic E-state index is -0.151. The van der Waals surface area contributed by atoms with Crippen LogP contribution in [0.25, 0.3) is 11.0 Å². The fourth-order valence-corrected chi connectivity index (χ4v) is 4.84. The number of likely N-dealkylation sites (tertiary alicyclic amines) is 1. The smallest absolute Gasteiger partial charge is 0.323 e. The van der Waals surface area contributed by atoms with Gasteiger partial charge in [0.2, 0.25) is 0 Å². The monoisotopic (exact) mass is 361 g/mol. The Morgan fingerprint density at radius 1 is 1.36 bits per heavy atom. The van der Waals surface area contributed by atoms with Crippen molar-refractivity contribution < 1.29 is 9.53 Å². The van der Waals surface area contributed by atoms with Crippen molar-refractivity contribution in [3.63, 3.8) is 0 Å².